The SMILES string of the molecule is CC(C)(C)N(CCNS(=O)(=O)c1ccccc1)Cc1ccccc1. The Morgan fingerprint density at radius 2 is 1.46 bits per heavy atom. The first-order valence-electron chi connectivity index (χ1n) is 8.13. The molecule has 0 aliphatic carbocycles. The molecule has 0 fully saturated rings. The Morgan fingerprint density at radius 3 is 2.00 bits per heavy atom. The van der Waals surface area contributed by atoms with Crippen molar-refractivity contribution < 1.29 is 8.42 Å². The first-order chi connectivity index (χ1) is 11.3. The van der Waals surface area contributed by atoms with Gasteiger partial charge in [-0.05, 0) is 38.5 Å². The molecule has 0 radical (unpaired) electrons. The molecule has 5 heteroatoms. The molecule has 1 N–H and O–H groups in total. The Labute approximate surface area is 145 Å². The maximum Gasteiger partial charge on any atom is 0.240 e. The van der Waals surface area contributed by atoms with Crippen molar-refractivity contribution in [3.8, 4) is 0 Å². The maximum absolute atomic E-state index is 12.3. The molecule has 0 bridgehead atoms. The molecule has 0 aliphatic heterocycles. The van der Waals surface area contributed by atoms with Crippen LogP contribution in [-0.4, -0.2) is 31.9 Å². The second-order valence-corrected chi connectivity index (χ2v) is 8.56. The van der Waals surface area contributed by atoms with E-state index in [4.69, 9.17) is 0 Å². The third-order valence-electron chi connectivity index (χ3n) is 3.89. The average molecular weight is 346 g/mol. The van der Waals surface area contributed by atoms with Crippen LogP contribution in [0.15, 0.2) is 65.6 Å². The highest BCUT2D eigenvalue weighted by Crippen LogP contribution is 2.17. The van der Waals surface area contributed by atoms with E-state index in [2.05, 4.69) is 42.5 Å². The number of hydrogen-bond donors (Lipinski definition) is 1. The summed E-state index contributed by atoms with van der Waals surface area (Å²) in [6.45, 7) is 8.23. The predicted molar refractivity (Wildman–Crippen MR) is 98.2 cm³/mol. The highest BCUT2D eigenvalue weighted by Gasteiger charge is 2.22. The third kappa shape index (κ3) is 5.44. The normalized spacial score (nSPS) is 12.5. The van der Waals surface area contributed by atoms with E-state index in [0.717, 1.165) is 6.54 Å². The molecule has 0 atom stereocenters. The molecule has 0 unspecified atom stereocenters. The van der Waals surface area contributed by atoms with Gasteiger partial charge in [0.2, 0.25) is 10.0 Å². The summed E-state index contributed by atoms with van der Waals surface area (Å²) < 4.78 is 27.3. The molecular weight excluding hydrogens is 320 g/mol. The maximum atomic E-state index is 12.3. The summed E-state index contributed by atoms with van der Waals surface area (Å²) in [5.41, 5.74) is 1.17. The Hall–Kier alpha value is -1.69. The highest BCUT2D eigenvalue weighted by atomic mass is 32.2. The van der Waals surface area contributed by atoms with Crippen molar-refractivity contribution >= 4 is 10.0 Å². The molecular formula is C19H26N2O2S. The fraction of sp³-hybridized carbons (Fsp3) is 0.368. The minimum absolute atomic E-state index is 0.0476. The summed E-state index contributed by atoms with van der Waals surface area (Å²) >= 11 is 0. The lowest BCUT2D eigenvalue weighted by Crippen LogP contribution is -2.45. The molecule has 0 aliphatic rings. The summed E-state index contributed by atoms with van der Waals surface area (Å²) in [7, 11) is -3.45. The predicted octanol–water partition coefficient (Wildman–Crippen LogP) is 3.27. The van der Waals surface area contributed by atoms with Gasteiger partial charge < -0.3 is 0 Å². The standard InChI is InChI=1S/C19H26N2O2S/c1-19(2,3)21(16-17-10-6-4-7-11-17)15-14-20-24(22,23)18-12-8-5-9-13-18/h4-13,20H,14-16H2,1-3H3. The Kier molecular flexibility index (Phi) is 6.15. The van der Waals surface area contributed by atoms with Crippen molar-refractivity contribution in [2.45, 2.75) is 37.8 Å². The van der Waals surface area contributed by atoms with Gasteiger partial charge in [0.15, 0.2) is 0 Å². The molecule has 4 nitrogen and oxygen atoms in total. The molecule has 0 aromatic heterocycles. The largest absolute Gasteiger partial charge is 0.293 e. The van der Waals surface area contributed by atoms with Gasteiger partial charge in [0.05, 0.1) is 4.90 Å². The lowest BCUT2D eigenvalue weighted by Gasteiger charge is -2.35. The van der Waals surface area contributed by atoms with Gasteiger partial charge in [0.25, 0.3) is 0 Å². The van der Waals surface area contributed by atoms with Gasteiger partial charge in [0, 0.05) is 25.2 Å². The zero-order chi connectivity index (χ0) is 17.6. The molecule has 0 saturated carbocycles. The Balaban J connectivity index is 1.98. The number of sulfonamides is 1. The van der Waals surface area contributed by atoms with Crippen LogP contribution in [0.4, 0.5) is 0 Å². The molecule has 0 saturated heterocycles. The molecule has 0 spiro atoms. The van der Waals surface area contributed by atoms with Crippen molar-refractivity contribution in [3.63, 3.8) is 0 Å². The monoisotopic (exact) mass is 346 g/mol. The highest BCUT2D eigenvalue weighted by molar-refractivity contribution is 7.89. The summed E-state index contributed by atoms with van der Waals surface area (Å²) in [4.78, 5) is 2.57. The lowest BCUT2D eigenvalue weighted by atomic mass is 10.0. The van der Waals surface area contributed by atoms with Crippen molar-refractivity contribution in [2.75, 3.05) is 13.1 Å². The quantitative estimate of drug-likeness (QED) is 0.837. The van der Waals surface area contributed by atoms with Gasteiger partial charge in [-0.25, -0.2) is 13.1 Å². The van der Waals surface area contributed by atoms with Gasteiger partial charge in [-0.2, -0.15) is 0 Å². The molecule has 2 aromatic rings. The smallest absolute Gasteiger partial charge is 0.240 e. The molecule has 0 amide bonds. The third-order valence-corrected chi connectivity index (χ3v) is 5.37. The van der Waals surface area contributed by atoms with Gasteiger partial charge in [0.1, 0.15) is 0 Å². The fourth-order valence-electron chi connectivity index (χ4n) is 2.45. The van der Waals surface area contributed by atoms with Gasteiger partial charge >= 0.3 is 0 Å². The van der Waals surface area contributed by atoms with Crippen molar-refractivity contribution in [1.82, 2.24) is 9.62 Å². The summed E-state index contributed by atoms with van der Waals surface area (Å²) in [5.74, 6) is 0. The van der Waals surface area contributed by atoms with Crippen LogP contribution < -0.4 is 4.72 Å². The number of benzene rings is 2. The second kappa shape index (κ2) is 7.92. The van der Waals surface area contributed by atoms with E-state index in [1.807, 2.05) is 18.2 Å². The summed E-state index contributed by atoms with van der Waals surface area (Å²) in [6.07, 6.45) is 0. The van der Waals surface area contributed by atoms with E-state index in [0.29, 0.717) is 18.0 Å². The van der Waals surface area contributed by atoms with Crippen LogP contribution in [0.3, 0.4) is 0 Å². The zero-order valence-electron chi connectivity index (χ0n) is 14.6. The minimum atomic E-state index is -3.45. The Bertz CT molecular complexity index is 723. The van der Waals surface area contributed by atoms with Crippen molar-refractivity contribution in [3.05, 3.63) is 66.2 Å². The van der Waals surface area contributed by atoms with E-state index in [1.165, 1.54) is 5.56 Å². The van der Waals surface area contributed by atoms with Gasteiger partial charge in [-0.3, -0.25) is 4.90 Å². The fourth-order valence-corrected chi connectivity index (χ4v) is 3.50. The molecule has 0 heterocycles. The molecule has 2 aromatic carbocycles. The number of hydrogen-bond acceptors (Lipinski definition) is 3. The van der Waals surface area contributed by atoms with E-state index in [-0.39, 0.29) is 5.54 Å². The van der Waals surface area contributed by atoms with E-state index in [9.17, 15) is 8.42 Å². The summed E-state index contributed by atoms with van der Waals surface area (Å²) in [6, 6.07) is 18.7. The second-order valence-electron chi connectivity index (χ2n) is 6.79. The van der Waals surface area contributed by atoms with Gasteiger partial charge in [-0.15, -0.1) is 0 Å². The van der Waals surface area contributed by atoms with Crippen molar-refractivity contribution in [2.24, 2.45) is 0 Å². The van der Waals surface area contributed by atoms with E-state index in [1.54, 1.807) is 30.3 Å². The first-order valence-corrected chi connectivity index (χ1v) is 9.61. The van der Waals surface area contributed by atoms with Crippen molar-refractivity contribution in [1.29, 1.82) is 0 Å². The first kappa shape index (κ1) is 18.6. The molecule has 24 heavy (non-hydrogen) atoms. The van der Waals surface area contributed by atoms with Crippen LogP contribution in [0.25, 0.3) is 0 Å². The number of nitrogens with one attached hydrogen (secondary N) is 1. The van der Waals surface area contributed by atoms with Crippen LogP contribution >= 0.6 is 0 Å². The number of nitrogens with zero attached hydrogens (tertiary/aromatic N) is 1. The van der Waals surface area contributed by atoms with E-state index >= 15 is 0 Å². The topological polar surface area (TPSA) is 49.4 Å². The van der Waals surface area contributed by atoms with Crippen LogP contribution in [-0.2, 0) is 16.6 Å². The number of rotatable bonds is 7. The van der Waals surface area contributed by atoms with Crippen LogP contribution in [0.2, 0.25) is 0 Å². The van der Waals surface area contributed by atoms with Crippen LogP contribution in [0.1, 0.15) is 26.3 Å². The van der Waals surface area contributed by atoms with Crippen LogP contribution in [0.5, 0.6) is 0 Å². The Morgan fingerprint density at radius 1 is 0.917 bits per heavy atom. The lowest BCUT2D eigenvalue weighted by molar-refractivity contribution is 0.131. The van der Waals surface area contributed by atoms with Crippen LogP contribution in [0, 0.1) is 0 Å². The average Bonchev–Trinajstić information content (AvgIpc) is 2.55. The summed E-state index contributed by atoms with van der Waals surface area (Å²) in [5, 5.41) is 0. The zero-order valence-corrected chi connectivity index (χ0v) is 15.4. The molecule has 130 valence electrons. The van der Waals surface area contributed by atoms with E-state index < -0.39 is 10.0 Å². The van der Waals surface area contributed by atoms with Gasteiger partial charge in [-0.1, -0.05) is 48.5 Å². The minimum Gasteiger partial charge on any atom is -0.293 e. The molecule has 2 rings (SSSR count).